The van der Waals surface area contributed by atoms with Crippen LogP contribution in [0.2, 0.25) is 0 Å². The highest BCUT2D eigenvalue weighted by Crippen LogP contribution is 2.19. The number of ether oxygens (including phenoxy) is 2. The van der Waals surface area contributed by atoms with Gasteiger partial charge < -0.3 is 15.2 Å². The van der Waals surface area contributed by atoms with Gasteiger partial charge in [0.25, 0.3) is 6.47 Å². The quantitative estimate of drug-likeness (QED) is 0.784. The standard InChI is InChI=1S/C13H17NO4/c1-13(2,18-12(14)16)8-7-10-3-5-11(6-4-10)17-9-15/h3-6,9H,7-8H2,1-2H3,(H2,14,16). The molecule has 0 spiro atoms. The maximum atomic E-state index is 10.7. The largest absolute Gasteiger partial charge is 0.444 e. The lowest BCUT2D eigenvalue weighted by Crippen LogP contribution is -2.31. The minimum atomic E-state index is -0.769. The van der Waals surface area contributed by atoms with E-state index >= 15 is 0 Å². The number of hydrogen-bond donors (Lipinski definition) is 1. The van der Waals surface area contributed by atoms with E-state index in [-0.39, 0.29) is 0 Å². The predicted octanol–water partition coefficient (Wildman–Crippen LogP) is 2.03. The highest BCUT2D eigenvalue weighted by molar-refractivity contribution is 5.65. The molecule has 0 saturated heterocycles. The number of aryl methyl sites for hydroxylation is 1. The molecular weight excluding hydrogens is 234 g/mol. The molecule has 0 aliphatic heterocycles. The average Bonchev–Trinajstić information content (AvgIpc) is 2.27. The van der Waals surface area contributed by atoms with E-state index in [1.165, 1.54) is 0 Å². The van der Waals surface area contributed by atoms with Crippen LogP contribution in [0.15, 0.2) is 24.3 Å². The van der Waals surface area contributed by atoms with Gasteiger partial charge in [0, 0.05) is 0 Å². The molecule has 0 aliphatic rings. The van der Waals surface area contributed by atoms with E-state index < -0.39 is 11.7 Å². The third kappa shape index (κ3) is 4.86. The molecule has 18 heavy (non-hydrogen) atoms. The molecule has 98 valence electrons. The lowest BCUT2D eigenvalue weighted by atomic mass is 9.98. The van der Waals surface area contributed by atoms with E-state index in [0.717, 1.165) is 12.0 Å². The molecule has 0 heterocycles. The molecule has 2 N–H and O–H groups in total. The van der Waals surface area contributed by atoms with Crippen molar-refractivity contribution in [2.75, 3.05) is 0 Å². The maximum Gasteiger partial charge on any atom is 0.405 e. The molecule has 5 nitrogen and oxygen atoms in total. The fourth-order valence-electron chi connectivity index (χ4n) is 1.56. The van der Waals surface area contributed by atoms with Gasteiger partial charge in [0.1, 0.15) is 11.4 Å². The van der Waals surface area contributed by atoms with Crippen molar-refractivity contribution < 1.29 is 19.1 Å². The van der Waals surface area contributed by atoms with Crippen LogP contribution in [0.4, 0.5) is 4.79 Å². The molecule has 1 amide bonds. The molecule has 1 rings (SSSR count). The second-order valence-electron chi connectivity index (χ2n) is 4.54. The average molecular weight is 251 g/mol. The summed E-state index contributed by atoms with van der Waals surface area (Å²) < 4.78 is 9.68. The first-order valence-electron chi connectivity index (χ1n) is 5.61. The number of primary amides is 1. The summed E-state index contributed by atoms with van der Waals surface area (Å²) in [5.41, 5.74) is 5.46. The van der Waals surface area contributed by atoms with Crippen molar-refractivity contribution >= 4 is 12.6 Å². The summed E-state index contributed by atoms with van der Waals surface area (Å²) in [6.07, 6.45) is 0.626. The van der Waals surface area contributed by atoms with Crippen LogP contribution in [0.1, 0.15) is 25.8 Å². The topological polar surface area (TPSA) is 78.6 Å². The Bertz CT molecular complexity index is 412. The van der Waals surface area contributed by atoms with Gasteiger partial charge in [0.15, 0.2) is 0 Å². The van der Waals surface area contributed by atoms with Crippen molar-refractivity contribution in [3.63, 3.8) is 0 Å². The molecule has 0 saturated carbocycles. The first-order chi connectivity index (χ1) is 8.43. The normalized spacial score (nSPS) is 10.8. The highest BCUT2D eigenvalue weighted by Gasteiger charge is 2.21. The van der Waals surface area contributed by atoms with Crippen molar-refractivity contribution in [2.45, 2.75) is 32.3 Å². The summed E-state index contributed by atoms with van der Waals surface area (Å²) in [6.45, 7) is 4.00. The smallest absolute Gasteiger partial charge is 0.405 e. The Labute approximate surface area is 106 Å². The second-order valence-corrected chi connectivity index (χ2v) is 4.54. The Morgan fingerprint density at radius 1 is 1.33 bits per heavy atom. The summed E-state index contributed by atoms with van der Waals surface area (Å²) in [5.74, 6) is 0.501. The Morgan fingerprint density at radius 3 is 2.44 bits per heavy atom. The van der Waals surface area contributed by atoms with Crippen molar-refractivity contribution in [1.29, 1.82) is 0 Å². The van der Waals surface area contributed by atoms with E-state index in [0.29, 0.717) is 18.6 Å². The van der Waals surface area contributed by atoms with Gasteiger partial charge in [0.2, 0.25) is 0 Å². The van der Waals surface area contributed by atoms with E-state index in [2.05, 4.69) is 0 Å². The van der Waals surface area contributed by atoms with Gasteiger partial charge in [-0.2, -0.15) is 0 Å². The molecule has 1 aromatic rings. The van der Waals surface area contributed by atoms with Gasteiger partial charge in [-0.3, -0.25) is 4.79 Å². The van der Waals surface area contributed by atoms with Crippen molar-refractivity contribution in [2.24, 2.45) is 5.73 Å². The van der Waals surface area contributed by atoms with Crippen molar-refractivity contribution in [3.05, 3.63) is 29.8 Å². The zero-order chi connectivity index (χ0) is 13.6. The Morgan fingerprint density at radius 2 is 1.94 bits per heavy atom. The highest BCUT2D eigenvalue weighted by atomic mass is 16.6. The van der Waals surface area contributed by atoms with Crippen LogP contribution >= 0.6 is 0 Å². The van der Waals surface area contributed by atoms with Crippen LogP contribution < -0.4 is 10.5 Å². The van der Waals surface area contributed by atoms with Gasteiger partial charge in [-0.1, -0.05) is 12.1 Å². The Hall–Kier alpha value is -2.04. The van der Waals surface area contributed by atoms with Gasteiger partial charge in [0.05, 0.1) is 0 Å². The summed E-state index contributed by atoms with van der Waals surface area (Å²) in [5, 5.41) is 0. The van der Waals surface area contributed by atoms with Crippen LogP contribution in [0, 0.1) is 0 Å². The number of benzene rings is 1. The monoisotopic (exact) mass is 251 g/mol. The Kier molecular flexibility index (Phi) is 4.71. The molecule has 0 atom stereocenters. The first-order valence-corrected chi connectivity index (χ1v) is 5.61. The molecule has 0 bridgehead atoms. The van der Waals surface area contributed by atoms with Gasteiger partial charge >= 0.3 is 6.09 Å². The number of nitrogens with two attached hydrogens (primary N) is 1. The molecule has 0 aromatic heterocycles. The number of rotatable bonds is 6. The summed E-state index contributed by atoms with van der Waals surface area (Å²) in [6, 6.07) is 7.15. The number of amides is 1. The molecular formula is C13H17NO4. The zero-order valence-corrected chi connectivity index (χ0v) is 10.5. The van der Waals surface area contributed by atoms with Crippen molar-refractivity contribution in [3.8, 4) is 5.75 Å². The van der Waals surface area contributed by atoms with Gasteiger partial charge in [-0.25, -0.2) is 4.79 Å². The molecule has 5 heteroatoms. The maximum absolute atomic E-state index is 10.7. The molecule has 0 aliphatic carbocycles. The zero-order valence-electron chi connectivity index (χ0n) is 10.5. The predicted molar refractivity (Wildman–Crippen MR) is 66.2 cm³/mol. The SMILES string of the molecule is CC(C)(CCc1ccc(OC=O)cc1)OC(N)=O. The third-order valence-corrected chi connectivity index (χ3v) is 2.50. The lowest BCUT2D eigenvalue weighted by Gasteiger charge is -2.23. The Balaban J connectivity index is 2.52. The van der Waals surface area contributed by atoms with Crippen molar-refractivity contribution in [1.82, 2.24) is 0 Å². The molecule has 0 unspecified atom stereocenters. The molecule has 1 aromatic carbocycles. The van der Waals surface area contributed by atoms with Crippen LogP contribution in [-0.2, 0) is 16.0 Å². The van der Waals surface area contributed by atoms with E-state index in [4.69, 9.17) is 15.2 Å². The first kappa shape index (κ1) is 14.0. The summed E-state index contributed by atoms with van der Waals surface area (Å²) >= 11 is 0. The van der Waals surface area contributed by atoms with E-state index in [9.17, 15) is 9.59 Å². The van der Waals surface area contributed by atoms with Gasteiger partial charge in [-0.05, 0) is 44.4 Å². The summed E-state index contributed by atoms with van der Waals surface area (Å²) in [4.78, 5) is 20.8. The fraction of sp³-hybridized carbons (Fsp3) is 0.385. The second kappa shape index (κ2) is 6.05. The molecule has 0 fully saturated rings. The molecule has 0 radical (unpaired) electrons. The van der Waals surface area contributed by atoms with Crippen LogP contribution in [0.3, 0.4) is 0 Å². The van der Waals surface area contributed by atoms with E-state index in [1.54, 1.807) is 12.1 Å². The fourth-order valence-corrected chi connectivity index (χ4v) is 1.56. The van der Waals surface area contributed by atoms with Crippen LogP contribution in [0.25, 0.3) is 0 Å². The number of carbonyl (C=O) groups excluding carboxylic acids is 2. The third-order valence-electron chi connectivity index (χ3n) is 2.50. The minimum Gasteiger partial charge on any atom is -0.444 e. The van der Waals surface area contributed by atoms with Gasteiger partial charge in [-0.15, -0.1) is 0 Å². The lowest BCUT2D eigenvalue weighted by molar-refractivity contribution is -0.120. The number of carbonyl (C=O) groups is 2. The number of hydrogen-bond acceptors (Lipinski definition) is 4. The van der Waals surface area contributed by atoms with Crippen LogP contribution in [0.5, 0.6) is 5.75 Å². The minimum absolute atomic E-state index is 0.388. The van der Waals surface area contributed by atoms with E-state index in [1.807, 2.05) is 26.0 Å². The summed E-state index contributed by atoms with van der Waals surface area (Å²) in [7, 11) is 0. The van der Waals surface area contributed by atoms with Crippen LogP contribution in [-0.4, -0.2) is 18.2 Å².